The van der Waals surface area contributed by atoms with Crippen molar-refractivity contribution in [3.8, 4) is 11.5 Å². The van der Waals surface area contributed by atoms with Gasteiger partial charge in [0.15, 0.2) is 0 Å². The molecule has 0 atom stereocenters. The standard InChI is InChI=1S/C23H21Cl2N3O4S/c24-16-5-10-21(19(15-16)23(29)28-13-11-26-12-14-28)27-33(30,31)18-8-6-17(7-9-18)32-22-4-2-1-3-20(22)25/h1-10,15,26-27H,11-14H2. The number of amides is 1. The molecule has 4 rings (SSSR count). The third-order valence-corrected chi connectivity index (χ3v) is 6.99. The first-order valence-electron chi connectivity index (χ1n) is 10.2. The summed E-state index contributed by atoms with van der Waals surface area (Å²) in [5, 5.41) is 3.97. The number of nitrogens with zero attached hydrogens (tertiary/aromatic N) is 1. The molecule has 1 aliphatic heterocycles. The average Bonchev–Trinajstić information content (AvgIpc) is 2.82. The van der Waals surface area contributed by atoms with Gasteiger partial charge in [0.05, 0.1) is 21.2 Å². The normalized spacial score (nSPS) is 14.1. The average molecular weight is 506 g/mol. The summed E-state index contributed by atoms with van der Waals surface area (Å²) in [6, 6.07) is 17.4. The maximum absolute atomic E-state index is 13.0. The first kappa shape index (κ1) is 23.4. The van der Waals surface area contributed by atoms with Crippen LogP contribution in [0.25, 0.3) is 0 Å². The first-order valence-corrected chi connectivity index (χ1v) is 12.4. The number of carbonyl (C=O) groups is 1. The van der Waals surface area contributed by atoms with Crippen molar-refractivity contribution >= 4 is 44.8 Å². The summed E-state index contributed by atoms with van der Waals surface area (Å²) in [6.45, 7) is 2.42. The third kappa shape index (κ3) is 5.59. The van der Waals surface area contributed by atoms with E-state index < -0.39 is 10.0 Å². The minimum atomic E-state index is -3.97. The molecule has 1 amide bonds. The number of halogens is 2. The lowest BCUT2D eigenvalue weighted by atomic mass is 10.1. The fourth-order valence-corrected chi connectivity index (χ4v) is 4.79. The van der Waals surface area contributed by atoms with Crippen LogP contribution in [0.15, 0.2) is 71.6 Å². The van der Waals surface area contributed by atoms with Crippen LogP contribution in [0.3, 0.4) is 0 Å². The monoisotopic (exact) mass is 505 g/mol. The van der Waals surface area contributed by atoms with Gasteiger partial charge in [0.1, 0.15) is 11.5 Å². The largest absolute Gasteiger partial charge is 0.456 e. The Labute approximate surface area is 202 Å². The molecule has 1 saturated heterocycles. The van der Waals surface area contributed by atoms with Crippen molar-refractivity contribution in [2.24, 2.45) is 0 Å². The zero-order chi connectivity index (χ0) is 23.4. The van der Waals surface area contributed by atoms with Gasteiger partial charge in [-0.05, 0) is 54.6 Å². The molecule has 10 heteroatoms. The SMILES string of the molecule is O=C(c1cc(Cl)ccc1NS(=O)(=O)c1ccc(Oc2ccccc2Cl)cc1)N1CCNCC1. The Balaban J connectivity index is 1.55. The van der Waals surface area contributed by atoms with Crippen molar-refractivity contribution < 1.29 is 17.9 Å². The molecule has 0 radical (unpaired) electrons. The van der Waals surface area contributed by atoms with E-state index in [0.29, 0.717) is 47.7 Å². The zero-order valence-corrected chi connectivity index (χ0v) is 19.8. The first-order chi connectivity index (χ1) is 15.8. The van der Waals surface area contributed by atoms with Crippen molar-refractivity contribution in [1.82, 2.24) is 10.2 Å². The number of hydrogen-bond acceptors (Lipinski definition) is 5. The fraction of sp³-hybridized carbons (Fsp3) is 0.174. The second kappa shape index (κ2) is 10.0. The van der Waals surface area contributed by atoms with Crippen molar-refractivity contribution in [1.29, 1.82) is 0 Å². The van der Waals surface area contributed by atoms with Crippen LogP contribution in [-0.2, 0) is 10.0 Å². The van der Waals surface area contributed by atoms with Gasteiger partial charge in [0, 0.05) is 31.2 Å². The van der Waals surface area contributed by atoms with Crippen LogP contribution in [-0.4, -0.2) is 45.4 Å². The van der Waals surface area contributed by atoms with E-state index in [1.54, 1.807) is 29.2 Å². The van der Waals surface area contributed by atoms with Gasteiger partial charge in [-0.2, -0.15) is 0 Å². The predicted octanol–water partition coefficient (Wildman–Crippen LogP) is 4.63. The summed E-state index contributed by atoms with van der Waals surface area (Å²) in [5.41, 5.74) is 0.367. The number of rotatable bonds is 6. The van der Waals surface area contributed by atoms with Crippen LogP contribution in [0.4, 0.5) is 5.69 Å². The molecule has 1 aliphatic rings. The van der Waals surface area contributed by atoms with Crippen LogP contribution in [0.2, 0.25) is 10.0 Å². The molecular formula is C23H21Cl2N3O4S. The molecule has 172 valence electrons. The molecule has 0 aromatic heterocycles. The minimum Gasteiger partial charge on any atom is -0.456 e. The van der Waals surface area contributed by atoms with Crippen molar-refractivity contribution in [3.05, 3.63) is 82.3 Å². The van der Waals surface area contributed by atoms with E-state index in [-0.39, 0.29) is 22.1 Å². The maximum Gasteiger partial charge on any atom is 0.261 e. The molecule has 3 aromatic carbocycles. The molecule has 33 heavy (non-hydrogen) atoms. The van der Waals surface area contributed by atoms with Gasteiger partial charge < -0.3 is 15.0 Å². The highest BCUT2D eigenvalue weighted by Crippen LogP contribution is 2.30. The van der Waals surface area contributed by atoms with E-state index in [2.05, 4.69) is 10.0 Å². The number of carbonyl (C=O) groups excluding carboxylic acids is 1. The van der Waals surface area contributed by atoms with E-state index in [1.165, 1.54) is 42.5 Å². The number of benzene rings is 3. The fourth-order valence-electron chi connectivity index (χ4n) is 3.37. The van der Waals surface area contributed by atoms with Gasteiger partial charge >= 0.3 is 0 Å². The smallest absolute Gasteiger partial charge is 0.261 e. The summed E-state index contributed by atoms with van der Waals surface area (Å²) >= 11 is 12.2. The highest BCUT2D eigenvalue weighted by molar-refractivity contribution is 7.92. The molecule has 7 nitrogen and oxygen atoms in total. The summed E-state index contributed by atoms with van der Waals surface area (Å²) in [6.07, 6.45) is 0. The molecule has 1 heterocycles. The summed E-state index contributed by atoms with van der Waals surface area (Å²) in [4.78, 5) is 14.7. The molecule has 0 saturated carbocycles. The maximum atomic E-state index is 13.0. The number of nitrogens with one attached hydrogen (secondary N) is 2. The molecular weight excluding hydrogens is 485 g/mol. The van der Waals surface area contributed by atoms with Gasteiger partial charge in [-0.15, -0.1) is 0 Å². The Morgan fingerprint density at radius 1 is 0.970 bits per heavy atom. The minimum absolute atomic E-state index is 0.0181. The molecule has 0 unspecified atom stereocenters. The van der Waals surface area contributed by atoms with E-state index in [4.69, 9.17) is 27.9 Å². The van der Waals surface area contributed by atoms with Gasteiger partial charge in [-0.3, -0.25) is 9.52 Å². The Morgan fingerprint density at radius 2 is 1.67 bits per heavy atom. The third-order valence-electron chi connectivity index (χ3n) is 5.06. The second-order valence-corrected chi connectivity index (χ2v) is 9.87. The second-order valence-electron chi connectivity index (χ2n) is 7.34. The Kier molecular flexibility index (Phi) is 7.09. The zero-order valence-electron chi connectivity index (χ0n) is 17.4. The molecule has 1 fully saturated rings. The van der Waals surface area contributed by atoms with Crippen LogP contribution < -0.4 is 14.8 Å². The number of hydrogen-bond donors (Lipinski definition) is 2. The molecule has 0 aliphatic carbocycles. The van der Waals surface area contributed by atoms with Crippen LogP contribution in [0, 0.1) is 0 Å². The molecule has 0 spiro atoms. The van der Waals surface area contributed by atoms with E-state index in [0.717, 1.165) is 0 Å². The Morgan fingerprint density at radius 3 is 2.36 bits per heavy atom. The van der Waals surface area contributed by atoms with E-state index in [9.17, 15) is 13.2 Å². The number of ether oxygens (including phenoxy) is 1. The van der Waals surface area contributed by atoms with Crippen molar-refractivity contribution in [2.75, 3.05) is 30.9 Å². The van der Waals surface area contributed by atoms with Gasteiger partial charge in [0.2, 0.25) is 0 Å². The van der Waals surface area contributed by atoms with E-state index in [1.807, 2.05) is 0 Å². The highest BCUT2D eigenvalue weighted by Gasteiger charge is 2.24. The quantitative estimate of drug-likeness (QED) is 0.509. The van der Waals surface area contributed by atoms with Gasteiger partial charge in [0.25, 0.3) is 15.9 Å². The Bertz CT molecular complexity index is 1260. The number of piperazine rings is 1. The van der Waals surface area contributed by atoms with Crippen molar-refractivity contribution in [3.63, 3.8) is 0 Å². The number of para-hydroxylation sites is 1. The number of anilines is 1. The highest BCUT2D eigenvalue weighted by atomic mass is 35.5. The van der Waals surface area contributed by atoms with Crippen molar-refractivity contribution in [2.45, 2.75) is 4.90 Å². The molecule has 0 bridgehead atoms. The summed E-state index contributed by atoms with van der Waals surface area (Å²) in [5.74, 6) is 0.619. The van der Waals surface area contributed by atoms with Gasteiger partial charge in [-0.25, -0.2) is 8.42 Å². The van der Waals surface area contributed by atoms with Gasteiger partial charge in [-0.1, -0.05) is 35.3 Å². The molecule has 3 aromatic rings. The molecule has 2 N–H and O–H groups in total. The number of sulfonamides is 1. The summed E-state index contributed by atoms with van der Waals surface area (Å²) < 4.78 is 34.3. The predicted molar refractivity (Wildman–Crippen MR) is 129 cm³/mol. The van der Waals surface area contributed by atoms with Crippen LogP contribution in [0.1, 0.15) is 10.4 Å². The lowest BCUT2D eigenvalue weighted by molar-refractivity contribution is 0.0737. The lowest BCUT2D eigenvalue weighted by Gasteiger charge is -2.28. The van der Waals surface area contributed by atoms with Crippen LogP contribution in [0.5, 0.6) is 11.5 Å². The van der Waals surface area contributed by atoms with E-state index >= 15 is 0 Å². The topological polar surface area (TPSA) is 87.7 Å². The lowest BCUT2D eigenvalue weighted by Crippen LogP contribution is -2.46. The van der Waals surface area contributed by atoms with Crippen LogP contribution >= 0.6 is 23.2 Å². The summed E-state index contributed by atoms with van der Waals surface area (Å²) in [7, 11) is -3.97. The Hall–Kier alpha value is -2.78.